The number of nitrogens with zero attached hydrogens (tertiary/aromatic N) is 1. The maximum absolute atomic E-state index is 8.97. The Morgan fingerprint density at radius 3 is 2.35 bits per heavy atom. The second kappa shape index (κ2) is 9.35. The Morgan fingerprint density at radius 2 is 1.85 bits per heavy atom. The smallest absolute Gasteiger partial charge is 0.0443 e. The molecule has 0 fully saturated rings. The van der Waals surface area contributed by atoms with Crippen LogP contribution in [0.2, 0.25) is 5.02 Å². The molecule has 0 bridgehead atoms. The lowest BCUT2D eigenvalue weighted by molar-refractivity contribution is 0.184. The number of rotatable bonds is 9. The van der Waals surface area contributed by atoms with Crippen molar-refractivity contribution in [3.8, 4) is 0 Å². The summed E-state index contributed by atoms with van der Waals surface area (Å²) in [5.41, 5.74) is 1.27. The third kappa shape index (κ3) is 5.80. The van der Waals surface area contributed by atoms with Gasteiger partial charge in [0.05, 0.1) is 0 Å². The van der Waals surface area contributed by atoms with Gasteiger partial charge in [-0.05, 0) is 51.4 Å². The van der Waals surface area contributed by atoms with E-state index in [2.05, 4.69) is 36.2 Å². The summed E-state index contributed by atoms with van der Waals surface area (Å²) in [5, 5.41) is 13.1. The van der Waals surface area contributed by atoms with Gasteiger partial charge in [-0.25, -0.2) is 0 Å². The number of hydrogen-bond acceptors (Lipinski definition) is 3. The highest BCUT2D eigenvalue weighted by molar-refractivity contribution is 6.30. The molecule has 114 valence electrons. The van der Waals surface area contributed by atoms with E-state index in [4.69, 9.17) is 16.7 Å². The minimum Gasteiger partial charge on any atom is -0.396 e. The van der Waals surface area contributed by atoms with Crippen LogP contribution in [-0.4, -0.2) is 42.8 Å². The number of hydrogen-bond donors (Lipinski definition) is 2. The van der Waals surface area contributed by atoms with Crippen molar-refractivity contribution in [1.82, 2.24) is 10.2 Å². The van der Waals surface area contributed by atoms with E-state index >= 15 is 0 Å². The fourth-order valence-corrected chi connectivity index (χ4v) is 2.50. The second-order valence-electron chi connectivity index (χ2n) is 5.39. The Bertz CT molecular complexity index is 367. The SMILES string of the molecule is CNC(CCN(CCCO)C(C)C)c1ccc(Cl)cc1. The average Bonchev–Trinajstić information content (AvgIpc) is 2.44. The summed E-state index contributed by atoms with van der Waals surface area (Å²) in [5.74, 6) is 0. The zero-order chi connectivity index (χ0) is 15.0. The molecule has 0 saturated heterocycles. The zero-order valence-electron chi connectivity index (χ0n) is 12.8. The Morgan fingerprint density at radius 1 is 1.20 bits per heavy atom. The first kappa shape index (κ1) is 17.4. The van der Waals surface area contributed by atoms with Crippen LogP contribution in [-0.2, 0) is 0 Å². The predicted octanol–water partition coefficient (Wildman–Crippen LogP) is 3.08. The maximum atomic E-state index is 8.97. The van der Waals surface area contributed by atoms with E-state index < -0.39 is 0 Å². The van der Waals surface area contributed by atoms with Crippen molar-refractivity contribution in [2.45, 2.75) is 38.8 Å². The molecule has 0 aromatic heterocycles. The molecule has 0 spiro atoms. The van der Waals surface area contributed by atoms with Gasteiger partial charge in [-0.3, -0.25) is 0 Å². The molecule has 0 saturated carbocycles. The van der Waals surface area contributed by atoms with Crippen LogP contribution in [0.4, 0.5) is 0 Å². The lowest BCUT2D eigenvalue weighted by atomic mass is 10.0. The van der Waals surface area contributed by atoms with Crippen molar-refractivity contribution in [2.24, 2.45) is 0 Å². The van der Waals surface area contributed by atoms with Gasteiger partial charge >= 0.3 is 0 Å². The number of nitrogens with one attached hydrogen (secondary N) is 1. The van der Waals surface area contributed by atoms with Crippen molar-refractivity contribution >= 4 is 11.6 Å². The number of halogens is 1. The highest BCUT2D eigenvalue weighted by atomic mass is 35.5. The quantitative estimate of drug-likeness (QED) is 0.735. The molecule has 1 aromatic rings. The molecule has 0 radical (unpaired) electrons. The average molecular weight is 299 g/mol. The van der Waals surface area contributed by atoms with Crippen molar-refractivity contribution in [2.75, 3.05) is 26.7 Å². The van der Waals surface area contributed by atoms with Crippen LogP contribution in [0.3, 0.4) is 0 Å². The molecule has 0 aliphatic carbocycles. The van der Waals surface area contributed by atoms with Crippen molar-refractivity contribution in [3.05, 3.63) is 34.9 Å². The molecule has 2 N–H and O–H groups in total. The van der Waals surface area contributed by atoms with Crippen LogP contribution in [0, 0.1) is 0 Å². The highest BCUT2D eigenvalue weighted by Crippen LogP contribution is 2.20. The molecule has 0 aliphatic heterocycles. The lowest BCUT2D eigenvalue weighted by Crippen LogP contribution is -2.35. The van der Waals surface area contributed by atoms with Crippen LogP contribution in [0.25, 0.3) is 0 Å². The number of aliphatic hydroxyl groups excluding tert-OH is 1. The van der Waals surface area contributed by atoms with Crippen LogP contribution < -0.4 is 5.32 Å². The first-order chi connectivity index (χ1) is 9.58. The molecule has 0 heterocycles. The normalized spacial score (nSPS) is 13.2. The molecule has 0 aliphatic rings. The Kier molecular flexibility index (Phi) is 8.15. The Hall–Kier alpha value is -0.610. The molecular formula is C16H27ClN2O. The van der Waals surface area contributed by atoms with Gasteiger partial charge in [-0.1, -0.05) is 23.7 Å². The topological polar surface area (TPSA) is 35.5 Å². The minimum atomic E-state index is 0.260. The van der Waals surface area contributed by atoms with Gasteiger partial charge in [0, 0.05) is 36.8 Å². The lowest BCUT2D eigenvalue weighted by Gasteiger charge is -2.28. The van der Waals surface area contributed by atoms with Crippen LogP contribution in [0.15, 0.2) is 24.3 Å². The Balaban J connectivity index is 2.56. The van der Waals surface area contributed by atoms with E-state index in [1.165, 1.54) is 5.56 Å². The first-order valence-corrected chi connectivity index (χ1v) is 7.74. The summed E-state index contributed by atoms with van der Waals surface area (Å²) in [6, 6.07) is 8.88. The van der Waals surface area contributed by atoms with Crippen molar-refractivity contribution < 1.29 is 5.11 Å². The largest absolute Gasteiger partial charge is 0.396 e. The van der Waals surface area contributed by atoms with Gasteiger partial charge < -0.3 is 15.3 Å². The van der Waals surface area contributed by atoms with E-state index in [-0.39, 0.29) is 6.61 Å². The van der Waals surface area contributed by atoms with E-state index in [1.54, 1.807) is 0 Å². The number of benzene rings is 1. The van der Waals surface area contributed by atoms with E-state index in [0.717, 1.165) is 31.0 Å². The summed E-state index contributed by atoms with van der Waals surface area (Å²) >= 11 is 5.93. The van der Waals surface area contributed by atoms with E-state index in [9.17, 15) is 0 Å². The molecule has 1 unspecified atom stereocenters. The summed E-state index contributed by atoms with van der Waals surface area (Å²) in [6.07, 6.45) is 1.88. The molecule has 0 amide bonds. The fourth-order valence-electron chi connectivity index (χ4n) is 2.37. The van der Waals surface area contributed by atoms with Crippen molar-refractivity contribution in [1.29, 1.82) is 0 Å². The molecule has 1 aromatic carbocycles. The molecule has 20 heavy (non-hydrogen) atoms. The predicted molar refractivity (Wildman–Crippen MR) is 86.3 cm³/mol. The molecule has 1 atom stereocenters. The molecule has 3 nitrogen and oxygen atoms in total. The van der Waals surface area contributed by atoms with Gasteiger partial charge in [0.2, 0.25) is 0 Å². The third-order valence-corrected chi connectivity index (χ3v) is 3.91. The Labute approximate surface area is 127 Å². The second-order valence-corrected chi connectivity index (χ2v) is 5.82. The van der Waals surface area contributed by atoms with Crippen LogP contribution >= 0.6 is 11.6 Å². The van der Waals surface area contributed by atoms with Crippen LogP contribution in [0.5, 0.6) is 0 Å². The van der Waals surface area contributed by atoms with Gasteiger partial charge in [0.1, 0.15) is 0 Å². The fraction of sp³-hybridized carbons (Fsp3) is 0.625. The monoisotopic (exact) mass is 298 g/mol. The summed E-state index contributed by atoms with van der Waals surface area (Å²) in [7, 11) is 1.99. The summed E-state index contributed by atoms with van der Waals surface area (Å²) in [6.45, 7) is 6.63. The van der Waals surface area contributed by atoms with Crippen molar-refractivity contribution in [3.63, 3.8) is 0 Å². The zero-order valence-corrected chi connectivity index (χ0v) is 13.5. The summed E-state index contributed by atoms with van der Waals surface area (Å²) < 4.78 is 0. The van der Waals surface area contributed by atoms with Gasteiger partial charge in [0.25, 0.3) is 0 Å². The minimum absolute atomic E-state index is 0.260. The van der Waals surface area contributed by atoms with Gasteiger partial charge in [0.15, 0.2) is 0 Å². The highest BCUT2D eigenvalue weighted by Gasteiger charge is 2.14. The standard InChI is InChI=1S/C16H27ClN2O/c1-13(2)19(10-4-12-20)11-9-16(18-3)14-5-7-15(17)8-6-14/h5-8,13,16,18,20H,4,9-12H2,1-3H3. The summed E-state index contributed by atoms with van der Waals surface area (Å²) in [4.78, 5) is 2.41. The molecule has 1 rings (SSSR count). The molecule has 4 heteroatoms. The first-order valence-electron chi connectivity index (χ1n) is 7.36. The van der Waals surface area contributed by atoms with Crippen LogP contribution in [0.1, 0.15) is 38.3 Å². The van der Waals surface area contributed by atoms with Gasteiger partial charge in [-0.15, -0.1) is 0 Å². The van der Waals surface area contributed by atoms with E-state index in [1.807, 2.05) is 19.2 Å². The van der Waals surface area contributed by atoms with Gasteiger partial charge in [-0.2, -0.15) is 0 Å². The molecular weight excluding hydrogens is 272 g/mol. The number of aliphatic hydroxyl groups is 1. The van der Waals surface area contributed by atoms with E-state index in [0.29, 0.717) is 12.1 Å². The maximum Gasteiger partial charge on any atom is 0.0443 e. The third-order valence-electron chi connectivity index (χ3n) is 3.66.